The van der Waals surface area contributed by atoms with Crippen LogP contribution in [0.3, 0.4) is 0 Å². The maximum atomic E-state index is 11.1. The minimum atomic E-state index is -1.36. The molecule has 0 heterocycles. The predicted octanol–water partition coefficient (Wildman–Crippen LogP) is 2.31. The zero-order valence-corrected chi connectivity index (χ0v) is 8.43. The molecule has 0 amide bonds. The fourth-order valence-electron chi connectivity index (χ4n) is 0.339. The van der Waals surface area contributed by atoms with E-state index in [1.807, 2.05) is 0 Å². The normalized spacial score (nSPS) is 15.6. The summed E-state index contributed by atoms with van der Waals surface area (Å²) in [5.74, 6) is 0. The first-order chi connectivity index (χ1) is 5.00. The van der Waals surface area contributed by atoms with Crippen molar-refractivity contribution in [3.8, 4) is 6.07 Å². The highest BCUT2D eigenvalue weighted by atomic mass is 35.5. The van der Waals surface area contributed by atoms with Crippen LogP contribution in [0.4, 0.5) is 0 Å². The second kappa shape index (κ2) is 4.76. The van der Waals surface area contributed by atoms with Gasteiger partial charge in [-0.1, -0.05) is 37.0 Å². The maximum absolute atomic E-state index is 11.1. The second-order valence-electron chi connectivity index (χ2n) is 2.05. The molecule has 0 aliphatic heterocycles. The lowest BCUT2D eigenvalue weighted by molar-refractivity contribution is 0.682. The van der Waals surface area contributed by atoms with Gasteiger partial charge in [0.15, 0.2) is 0 Å². The van der Waals surface area contributed by atoms with Crippen molar-refractivity contribution in [2.75, 3.05) is 0 Å². The Kier molecular flexibility index (Phi) is 4.74. The molecule has 11 heavy (non-hydrogen) atoms. The Labute approximate surface area is 78.2 Å². The van der Waals surface area contributed by atoms with Crippen molar-refractivity contribution < 1.29 is 4.21 Å². The third-order valence-electron chi connectivity index (χ3n) is 0.876. The average Bonchev–Trinajstić information content (AvgIpc) is 2.00. The molecule has 1 atom stereocenters. The van der Waals surface area contributed by atoms with Crippen LogP contribution in [0.25, 0.3) is 0 Å². The number of hydrogen-bond donors (Lipinski definition) is 0. The largest absolute Gasteiger partial charge is 0.253 e. The maximum Gasteiger partial charge on any atom is 0.145 e. The van der Waals surface area contributed by atoms with Crippen LogP contribution in [-0.4, -0.2) is 9.46 Å². The number of rotatable bonds is 2. The monoisotopic (exact) mass is 211 g/mol. The predicted molar refractivity (Wildman–Crippen MR) is 47.6 cm³/mol. The van der Waals surface area contributed by atoms with Crippen molar-refractivity contribution in [3.05, 3.63) is 9.40 Å². The van der Waals surface area contributed by atoms with Crippen LogP contribution in [-0.2, 0) is 10.8 Å². The number of allylic oxidation sites excluding steroid dienone is 1. The van der Waals surface area contributed by atoms with E-state index in [2.05, 4.69) is 0 Å². The van der Waals surface area contributed by atoms with Gasteiger partial charge in [-0.15, -0.1) is 0 Å². The summed E-state index contributed by atoms with van der Waals surface area (Å²) in [4.78, 5) is 0. The summed E-state index contributed by atoms with van der Waals surface area (Å²) >= 11 is 10.9. The van der Waals surface area contributed by atoms with Crippen LogP contribution < -0.4 is 0 Å². The van der Waals surface area contributed by atoms with Crippen LogP contribution >= 0.6 is 23.2 Å². The molecule has 0 rings (SSSR count). The minimum absolute atomic E-state index is 0.0656. The van der Waals surface area contributed by atoms with Crippen molar-refractivity contribution >= 4 is 34.0 Å². The Morgan fingerprint density at radius 2 is 2.00 bits per heavy atom. The number of nitriles is 1. The van der Waals surface area contributed by atoms with Gasteiger partial charge in [-0.3, -0.25) is 4.21 Å². The van der Waals surface area contributed by atoms with Crippen LogP contribution in [0.5, 0.6) is 0 Å². The molecule has 0 aromatic rings. The van der Waals surface area contributed by atoms with E-state index in [9.17, 15) is 4.21 Å². The Morgan fingerprint density at radius 3 is 2.27 bits per heavy atom. The van der Waals surface area contributed by atoms with Crippen LogP contribution in [0, 0.1) is 11.3 Å². The Hall–Kier alpha value is -0.0400. The molecule has 0 N–H and O–H groups in total. The van der Waals surface area contributed by atoms with Gasteiger partial charge in [0.1, 0.15) is 15.5 Å². The summed E-state index contributed by atoms with van der Waals surface area (Å²) in [6.45, 7) is 3.47. The summed E-state index contributed by atoms with van der Waals surface area (Å²) in [6, 6.07) is 1.62. The Balaban J connectivity index is 4.65. The molecule has 1 unspecified atom stereocenters. The molecule has 0 aromatic carbocycles. The highest BCUT2D eigenvalue weighted by molar-refractivity contribution is 7.91. The van der Waals surface area contributed by atoms with Gasteiger partial charge in [-0.05, 0) is 0 Å². The summed E-state index contributed by atoms with van der Waals surface area (Å²) in [5.41, 5.74) is 0. The lowest BCUT2D eigenvalue weighted by atomic mass is 10.6. The molecular formula is C6H7Cl2NOS. The molecule has 0 spiro atoms. The van der Waals surface area contributed by atoms with Crippen LogP contribution in [0.1, 0.15) is 13.8 Å². The fourth-order valence-corrected chi connectivity index (χ4v) is 1.78. The first kappa shape index (κ1) is 11.0. The lowest BCUT2D eigenvalue weighted by Crippen LogP contribution is -2.05. The second-order valence-corrected chi connectivity index (χ2v) is 4.97. The molecule has 2 nitrogen and oxygen atoms in total. The molecule has 0 fully saturated rings. The molecule has 0 aromatic heterocycles. The number of halogens is 2. The SMILES string of the molecule is CC(C)S(=O)C(Cl)=C(Cl)C#N. The summed E-state index contributed by atoms with van der Waals surface area (Å²) in [6.07, 6.45) is 0. The van der Waals surface area contributed by atoms with Gasteiger partial charge in [0.2, 0.25) is 0 Å². The van der Waals surface area contributed by atoms with E-state index in [1.54, 1.807) is 19.9 Å². The lowest BCUT2D eigenvalue weighted by Gasteiger charge is -2.02. The van der Waals surface area contributed by atoms with E-state index in [-0.39, 0.29) is 14.6 Å². The van der Waals surface area contributed by atoms with Gasteiger partial charge in [-0.2, -0.15) is 5.26 Å². The van der Waals surface area contributed by atoms with Crippen molar-refractivity contribution in [3.63, 3.8) is 0 Å². The topological polar surface area (TPSA) is 40.9 Å². The third-order valence-corrected chi connectivity index (χ3v) is 3.42. The fraction of sp³-hybridized carbons (Fsp3) is 0.500. The molecule has 0 radical (unpaired) electrons. The molecule has 0 saturated carbocycles. The highest BCUT2D eigenvalue weighted by Crippen LogP contribution is 2.19. The first-order valence-corrected chi connectivity index (χ1v) is 4.83. The summed E-state index contributed by atoms with van der Waals surface area (Å²) < 4.78 is 11.1. The van der Waals surface area contributed by atoms with Crippen LogP contribution in [0.15, 0.2) is 9.40 Å². The van der Waals surface area contributed by atoms with Crippen LogP contribution in [0.2, 0.25) is 0 Å². The van der Waals surface area contributed by atoms with E-state index in [4.69, 9.17) is 28.5 Å². The number of hydrogen-bond acceptors (Lipinski definition) is 2. The van der Waals surface area contributed by atoms with Crippen molar-refractivity contribution in [2.24, 2.45) is 0 Å². The zero-order valence-electron chi connectivity index (χ0n) is 6.10. The molecule has 0 aliphatic carbocycles. The molecule has 0 aliphatic rings. The van der Waals surface area contributed by atoms with Crippen molar-refractivity contribution in [2.45, 2.75) is 19.1 Å². The van der Waals surface area contributed by atoms with Gasteiger partial charge in [0, 0.05) is 5.25 Å². The van der Waals surface area contributed by atoms with Gasteiger partial charge in [-0.25, -0.2) is 0 Å². The molecule has 0 saturated heterocycles. The van der Waals surface area contributed by atoms with Gasteiger partial charge in [0.05, 0.1) is 10.8 Å². The first-order valence-electron chi connectivity index (χ1n) is 2.86. The zero-order chi connectivity index (χ0) is 9.02. The Morgan fingerprint density at radius 1 is 1.55 bits per heavy atom. The van der Waals surface area contributed by atoms with E-state index in [1.165, 1.54) is 0 Å². The van der Waals surface area contributed by atoms with Gasteiger partial charge in [0.25, 0.3) is 0 Å². The third kappa shape index (κ3) is 3.24. The van der Waals surface area contributed by atoms with Gasteiger partial charge < -0.3 is 0 Å². The molecule has 62 valence electrons. The molecule has 5 heteroatoms. The smallest absolute Gasteiger partial charge is 0.145 e. The Bertz CT molecular complexity index is 241. The number of nitrogens with zero attached hydrogens (tertiary/aromatic N) is 1. The van der Waals surface area contributed by atoms with E-state index in [0.717, 1.165) is 0 Å². The highest BCUT2D eigenvalue weighted by Gasteiger charge is 2.13. The molecule has 0 bridgehead atoms. The van der Waals surface area contributed by atoms with Crippen molar-refractivity contribution in [1.82, 2.24) is 0 Å². The van der Waals surface area contributed by atoms with E-state index >= 15 is 0 Å². The quantitative estimate of drug-likeness (QED) is 0.659. The van der Waals surface area contributed by atoms with Crippen molar-refractivity contribution in [1.29, 1.82) is 5.26 Å². The minimum Gasteiger partial charge on any atom is -0.253 e. The molecular weight excluding hydrogens is 205 g/mol. The summed E-state index contributed by atoms with van der Waals surface area (Å²) in [7, 11) is -1.36. The van der Waals surface area contributed by atoms with E-state index in [0.29, 0.717) is 0 Å². The van der Waals surface area contributed by atoms with Gasteiger partial charge >= 0.3 is 0 Å². The van der Waals surface area contributed by atoms with E-state index < -0.39 is 10.8 Å². The average molecular weight is 212 g/mol. The standard InChI is InChI=1S/C6H7Cl2NOS/c1-4(2)11(10)6(8)5(7)3-9/h4H,1-2H3. The summed E-state index contributed by atoms with van der Waals surface area (Å²) in [5, 5.41) is 7.96.